The van der Waals surface area contributed by atoms with E-state index < -0.39 is 0 Å². The molecule has 0 amide bonds. The summed E-state index contributed by atoms with van der Waals surface area (Å²) in [5.41, 5.74) is 2.06. The van der Waals surface area contributed by atoms with E-state index in [1.165, 1.54) is 0 Å². The predicted molar refractivity (Wildman–Crippen MR) is 79.8 cm³/mol. The van der Waals surface area contributed by atoms with Gasteiger partial charge in [0.25, 0.3) is 0 Å². The largest absolute Gasteiger partial charge is 0.469 e. The van der Waals surface area contributed by atoms with E-state index in [1.54, 1.807) is 6.26 Å². The highest BCUT2D eigenvalue weighted by Crippen LogP contribution is 2.30. The molecule has 0 saturated carbocycles. The Kier molecular flexibility index (Phi) is 3.61. The maximum absolute atomic E-state index is 6.00. The summed E-state index contributed by atoms with van der Waals surface area (Å²) >= 11 is 0. The first-order chi connectivity index (χ1) is 9.79. The van der Waals surface area contributed by atoms with Crippen LogP contribution in [0.3, 0.4) is 0 Å². The average molecular weight is 269 g/mol. The van der Waals surface area contributed by atoms with Crippen molar-refractivity contribution in [1.82, 2.24) is 5.32 Å². The van der Waals surface area contributed by atoms with Gasteiger partial charge in [-0.25, -0.2) is 0 Å². The summed E-state index contributed by atoms with van der Waals surface area (Å²) in [6.45, 7) is 5.08. The fourth-order valence-electron chi connectivity index (χ4n) is 2.49. The van der Waals surface area contributed by atoms with Crippen LogP contribution in [0.2, 0.25) is 0 Å². The number of hydrogen-bond acceptors (Lipinski definition) is 3. The molecule has 3 rings (SSSR count). The average Bonchev–Trinajstić information content (AvgIpc) is 3.06. The van der Waals surface area contributed by atoms with E-state index >= 15 is 0 Å². The van der Waals surface area contributed by atoms with E-state index in [9.17, 15) is 0 Å². The standard InChI is InChI=1S/C17H19NO2/c1-3-9-18-17(14-8-10-19-12(14)2)16-11-13-6-4-5-7-15(13)20-16/h4-8,10-11,17-18H,3,9H2,1-2H3. The van der Waals surface area contributed by atoms with Crippen LogP contribution < -0.4 is 5.32 Å². The number of furan rings is 2. The number of aryl methyl sites for hydroxylation is 1. The zero-order valence-corrected chi connectivity index (χ0v) is 11.8. The summed E-state index contributed by atoms with van der Waals surface area (Å²) in [5, 5.41) is 4.67. The van der Waals surface area contributed by atoms with Crippen LogP contribution in [0.5, 0.6) is 0 Å². The van der Waals surface area contributed by atoms with Crippen LogP contribution in [-0.4, -0.2) is 6.54 Å². The van der Waals surface area contributed by atoms with Crippen molar-refractivity contribution in [3.63, 3.8) is 0 Å². The molecular weight excluding hydrogens is 250 g/mol. The van der Waals surface area contributed by atoms with Gasteiger partial charge in [0.05, 0.1) is 12.3 Å². The maximum Gasteiger partial charge on any atom is 0.134 e. The quantitative estimate of drug-likeness (QED) is 0.745. The summed E-state index contributed by atoms with van der Waals surface area (Å²) < 4.78 is 11.4. The van der Waals surface area contributed by atoms with Crippen LogP contribution in [-0.2, 0) is 0 Å². The number of fused-ring (bicyclic) bond motifs is 1. The molecule has 2 heterocycles. The Balaban J connectivity index is 2.02. The first-order valence-electron chi connectivity index (χ1n) is 7.05. The molecule has 104 valence electrons. The molecule has 1 N–H and O–H groups in total. The Morgan fingerprint density at radius 1 is 1.20 bits per heavy atom. The first kappa shape index (κ1) is 13.0. The topological polar surface area (TPSA) is 38.3 Å². The van der Waals surface area contributed by atoms with Crippen molar-refractivity contribution in [1.29, 1.82) is 0 Å². The SMILES string of the molecule is CCCNC(c1cc2ccccc2o1)c1ccoc1C. The van der Waals surface area contributed by atoms with E-state index in [1.807, 2.05) is 31.2 Å². The number of nitrogens with one attached hydrogen (secondary N) is 1. The first-order valence-corrected chi connectivity index (χ1v) is 7.05. The van der Waals surface area contributed by atoms with E-state index in [0.29, 0.717) is 0 Å². The van der Waals surface area contributed by atoms with Crippen molar-refractivity contribution in [2.75, 3.05) is 6.54 Å². The molecule has 0 radical (unpaired) electrons. The Bertz CT molecular complexity index is 663. The lowest BCUT2D eigenvalue weighted by molar-refractivity contribution is 0.459. The third kappa shape index (κ3) is 2.37. The number of para-hydroxylation sites is 1. The fraction of sp³-hybridized carbons (Fsp3) is 0.294. The highest BCUT2D eigenvalue weighted by Gasteiger charge is 2.21. The van der Waals surface area contributed by atoms with Gasteiger partial charge in [-0.3, -0.25) is 0 Å². The minimum Gasteiger partial charge on any atom is -0.469 e. The predicted octanol–water partition coefficient (Wildman–Crippen LogP) is 4.42. The van der Waals surface area contributed by atoms with Gasteiger partial charge in [0.1, 0.15) is 17.1 Å². The van der Waals surface area contributed by atoms with Crippen molar-refractivity contribution >= 4 is 11.0 Å². The van der Waals surface area contributed by atoms with Gasteiger partial charge in [0.15, 0.2) is 0 Å². The van der Waals surface area contributed by atoms with Crippen LogP contribution in [0.1, 0.15) is 36.5 Å². The Morgan fingerprint density at radius 3 is 2.75 bits per heavy atom. The van der Waals surface area contributed by atoms with Crippen LogP contribution >= 0.6 is 0 Å². The van der Waals surface area contributed by atoms with Gasteiger partial charge < -0.3 is 14.2 Å². The summed E-state index contributed by atoms with van der Waals surface area (Å²) in [6, 6.07) is 12.2. The van der Waals surface area contributed by atoms with Crippen molar-refractivity contribution in [3.05, 3.63) is 59.7 Å². The molecule has 0 fully saturated rings. The molecule has 0 spiro atoms. The molecular formula is C17H19NO2. The molecule has 20 heavy (non-hydrogen) atoms. The van der Waals surface area contributed by atoms with E-state index in [0.717, 1.165) is 41.0 Å². The highest BCUT2D eigenvalue weighted by molar-refractivity contribution is 5.78. The molecule has 1 unspecified atom stereocenters. The van der Waals surface area contributed by atoms with Gasteiger partial charge in [-0.15, -0.1) is 0 Å². The molecule has 0 bridgehead atoms. The zero-order valence-electron chi connectivity index (χ0n) is 11.8. The van der Waals surface area contributed by atoms with Gasteiger partial charge in [-0.05, 0) is 38.1 Å². The Labute approximate surface area is 118 Å². The van der Waals surface area contributed by atoms with Crippen LogP contribution in [0.25, 0.3) is 11.0 Å². The smallest absolute Gasteiger partial charge is 0.134 e. The molecule has 3 heteroatoms. The minimum atomic E-state index is 0.0427. The fourth-order valence-corrected chi connectivity index (χ4v) is 2.49. The Hall–Kier alpha value is -2.00. The molecule has 1 aromatic carbocycles. The second-order valence-electron chi connectivity index (χ2n) is 5.01. The lowest BCUT2D eigenvalue weighted by Gasteiger charge is -2.15. The molecule has 1 atom stereocenters. The lowest BCUT2D eigenvalue weighted by Crippen LogP contribution is -2.22. The van der Waals surface area contributed by atoms with E-state index in [4.69, 9.17) is 8.83 Å². The molecule has 3 nitrogen and oxygen atoms in total. The van der Waals surface area contributed by atoms with Crippen molar-refractivity contribution in [2.45, 2.75) is 26.3 Å². The summed E-state index contributed by atoms with van der Waals surface area (Å²) in [5.74, 6) is 1.86. The zero-order chi connectivity index (χ0) is 13.9. The highest BCUT2D eigenvalue weighted by atomic mass is 16.3. The molecule has 0 saturated heterocycles. The van der Waals surface area contributed by atoms with Gasteiger partial charge in [-0.2, -0.15) is 0 Å². The van der Waals surface area contributed by atoms with Crippen LogP contribution in [0.15, 0.2) is 51.5 Å². The van der Waals surface area contributed by atoms with Crippen molar-refractivity contribution < 1.29 is 8.83 Å². The summed E-state index contributed by atoms with van der Waals surface area (Å²) in [4.78, 5) is 0. The van der Waals surface area contributed by atoms with Crippen LogP contribution in [0, 0.1) is 6.92 Å². The van der Waals surface area contributed by atoms with Crippen LogP contribution in [0.4, 0.5) is 0 Å². The molecule has 0 aliphatic rings. The number of benzene rings is 1. The van der Waals surface area contributed by atoms with Crippen molar-refractivity contribution in [2.24, 2.45) is 0 Å². The Morgan fingerprint density at radius 2 is 2.05 bits per heavy atom. The molecule has 3 aromatic rings. The van der Waals surface area contributed by atoms with Gasteiger partial charge in [0.2, 0.25) is 0 Å². The second-order valence-corrected chi connectivity index (χ2v) is 5.01. The molecule has 2 aromatic heterocycles. The van der Waals surface area contributed by atoms with Crippen molar-refractivity contribution in [3.8, 4) is 0 Å². The molecule has 0 aliphatic carbocycles. The maximum atomic E-state index is 6.00. The van der Waals surface area contributed by atoms with Gasteiger partial charge in [0, 0.05) is 10.9 Å². The minimum absolute atomic E-state index is 0.0427. The van der Waals surface area contributed by atoms with E-state index in [2.05, 4.69) is 24.4 Å². The molecule has 0 aliphatic heterocycles. The second kappa shape index (κ2) is 5.55. The van der Waals surface area contributed by atoms with E-state index in [-0.39, 0.29) is 6.04 Å². The normalized spacial score (nSPS) is 12.9. The summed E-state index contributed by atoms with van der Waals surface area (Å²) in [6.07, 6.45) is 2.81. The third-order valence-corrected chi connectivity index (χ3v) is 3.54. The third-order valence-electron chi connectivity index (χ3n) is 3.54. The number of rotatable bonds is 5. The van der Waals surface area contributed by atoms with Gasteiger partial charge in [-0.1, -0.05) is 25.1 Å². The monoisotopic (exact) mass is 269 g/mol. The summed E-state index contributed by atoms with van der Waals surface area (Å²) in [7, 11) is 0. The number of hydrogen-bond donors (Lipinski definition) is 1. The van der Waals surface area contributed by atoms with Gasteiger partial charge >= 0.3 is 0 Å². The lowest BCUT2D eigenvalue weighted by atomic mass is 10.0.